The van der Waals surface area contributed by atoms with E-state index >= 15 is 0 Å². The van der Waals surface area contributed by atoms with Crippen LogP contribution in [0.25, 0.3) is 0 Å². The topological polar surface area (TPSA) is 92.8 Å². The van der Waals surface area contributed by atoms with Gasteiger partial charge in [-0.15, -0.1) is 0 Å². The summed E-state index contributed by atoms with van der Waals surface area (Å²) in [5.74, 6) is -1.91. The summed E-state index contributed by atoms with van der Waals surface area (Å²) < 4.78 is 5.26. The number of hydrogen-bond acceptors (Lipinski definition) is 5. The predicted molar refractivity (Wildman–Crippen MR) is 115 cm³/mol. The van der Waals surface area contributed by atoms with Crippen molar-refractivity contribution < 1.29 is 23.9 Å². The lowest BCUT2D eigenvalue weighted by atomic mass is 10.1. The Labute approximate surface area is 181 Å². The zero-order valence-corrected chi connectivity index (χ0v) is 17.9. The van der Waals surface area contributed by atoms with Crippen molar-refractivity contribution in [1.82, 2.24) is 10.2 Å². The summed E-state index contributed by atoms with van der Waals surface area (Å²) in [7, 11) is 0. The Morgan fingerprint density at radius 3 is 2.39 bits per heavy atom. The van der Waals surface area contributed by atoms with Crippen LogP contribution in [0.15, 0.2) is 42.5 Å². The van der Waals surface area contributed by atoms with Gasteiger partial charge in [-0.2, -0.15) is 0 Å². The van der Waals surface area contributed by atoms with Gasteiger partial charge in [0.1, 0.15) is 0 Å². The minimum absolute atomic E-state index is 0.121. The number of nitrogens with one attached hydrogen (secondary N) is 1. The van der Waals surface area contributed by atoms with Crippen molar-refractivity contribution in [3.05, 3.63) is 70.3 Å². The fourth-order valence-corrected chi connectivity index (χ4v) is 3.26. The Bertz CT molecular complexity index is 1010. The normalized spacial score (nSPS) is 13.7. The molecule has 1 aliphatic rings. The molecule has 1 atom stereocenters. The van der Waals surface area contributed by atoms with E-state index in [1.54, 1.807) is 0 Å². The van der Waals surface area contributed by atoms with E-state index in [2.05, 4.69) is 5.32 Å². The first-order chi connectivity index (χ1) is 14.8. The molecule has 0 radical (unpaired) electrons. The van der Waals surface area contributed by atoms with Crippen molar-refractivity contribution in [1.29, 1.82) is 0 Å². The number of rotatable bonds is 8. The summed E-state index contributed by atoms with van der Waals surface area (Å²) >= 11 is 0. The molecule has 2 aromatic rings. The van der Waals surface area contributed by atoms with Crippen LogP contribution in [0.2, 0.25) is 0 Å². The van der Waals surface area contributed by atoms with Crippen molar-refractivity contribution in [3.8, 4) is 0 Å². The average Bonchev–Trinajstić information content (AvgIpc) is 3.00. The highest BCUT2D eigenvalue weighted by atomic mass is 16.5. The highest BCUT2D eigenvalue weighted by molar-refractivity contribution is 6.22. The van der Waals surface area contributed by atoms with Gasteiger partial charge in [0.05, 0.1) is 16.7 Å². The van der Waals surface area contributed by atoms with E-state index in [9.17, 15) is 19.2 Å². The number of ether oxygens (including phenoxy) is 1. The minimum Gasteiger partial charge on any atom is -0.449 e. The summed E-state index contributed by atoms with van der Waals surface area (Å²) in [6.07, 6.45) is 0.564. The van der Waals surface area contributed by atoms with E-state index in [4.69, 9.17) is 4.74 Å². The molecule has 3 amide bonds. The number of nitrogens with zero attached hydrogens (tertiary/aromatic N) is 1. The van der Waals surface area contributed by atoms with Crippen LogP contribution in [0.3, 0.4) is 0 Å². The summed E-state index contributed by atoms with van der Waals surface area (Å²) in [5, 5.41) is 2.73. The van der Waals surface area contributed by atoms with Gasteiger partial charge in [0.15, 0.2) is 6.10 Å². The molecular formula is C24H26N2O5. The second-order valence-corrected chi connectivity index (χ2v) is 7.63. The smallest absolute Gasteiger partial charge is 0.338 e. The number of imide groups is 1. The lowest BCUT2D eigenvalue weighted by Crippen LogP contribution is -2.35. The molecule has 7 heteroatoms. The third kappa shape index (κ3) is 4.99. The molecule has 1 aliphatic heterocycles. The summed E-state index contributed by atoms with van der Waals surface area (Å²) in [5.41, 5.74) is 2.65. The van der Waals surface area contributed by atoms with E-state index in [1.165, 1.54) is 30.0 Å². The monoisotopic (exact) mass is 422 g/mol. The van der Waals surface area contributed by atoms with Crippen LogP contribution in [0.5, 0.6) is 0 Å². The van der Waals surface area contributed by atoms with Crippen molar-refractivity contribution >= 4 is 23.7 Å². The van der Waals surface area contributed by atoms with Gasteiger partial charge in [-0.3, -0.25) is 19.3 Å². The highest BCUT2D eigenvalue weighted by Crippen LogP contribution is 2.25. The van der Waals surface area contributed by atoms with Crippen LogP contribution in [-0.2, 0) is 16.1 Å². The first-order valence-electron chi connectivity index (χ1n) is 10.4. The van der Waals surface area contributed by atoms with Crippen LogP contribution >= 0.6 is 0 Å². The number of unbranched alkanes of at least 4 members (excludes halogenated alkanes) is 1. The van der Waals surface area contributed by atoms with E-state index in [-0.39, 0.29) is 22.6 Å². The molecule has 1 heterocycles. The Kier molecular flexibility index (Phi) is 6.84. The molecule has 0 spiro atoms. The van der Waals surface area contributed by atoms with Crippen molar-refractivity contribution in [2.75, 3.05) is 6.54 Å². The zero-order chi connectivity index (χ0) is 22.5. The minimum atomic E-state index is -1.01. The van der Waals surface area contributed by atoms with Gasteiger partial charge in [0.2, 0.25) is 0 Å². The molecular weight excluding hydrogens is 396 g/mol. The van der Waals surface area contributed by atoms with Crippen LogP contribution in [0.4, 0.5) is 0 Å². The number of carbonyl (C=O) groups excluding carboxylic acids is 4. The van der Waals surface area contributed by atoms with Crippen LogP contribution < -0.4 is 5.32 Å². The van der Waals surface area contributed by atoms with Crippen molar-refractivity contribution in [2.24, 2.45) is 0 Å². The van der Waals surface area contributed by atoms with Gasteiger partial charge >= 0.3 is 5.97 Å². The van der Waals surface area contributed by atoms with Crippen LogP contribution in [0.1, 0.15) is 68.9 Å². The third-order valence-electron chi connectivity index (χ3n) is 5.18. The predicted octanol–water partition coefficient (Wildman–Crippen LogP) is 3.25. The first kappa shape index (κ1) is 22.2. The maximum Gasteiger partial charge on any atom is 0.338 e. The molecule has 0 unspecified atom stereocenters. The molecule has 0 bridgehead atoms. The fraction of sp³-hybridized carbons (Fsp3) is 0.333. The first-order valence-corrected chi connectivity index (χ1v) is 10.4. The number of esters is 1. The van der Waals surface area contributed by atoms with Gasteiger partial charge in [-0.1, -0.05) is 43.2 Å². The number of aryl methyl sites for hydroxylation is 1. The van der Waals surface area contributed by atoms with Gasteiger partial charge in [0, 0.05) is 13.1 Å². The van der Waals surface area contributed by atoms with E-state index < -0.39 is 23.9 Å². The molecule has 2 aromatic carbocycles. The Morgan fingerprint density at radius 2 is 1.71 bits per heavy atom. The maximum absolute atomic E-state index is 12.5. The van der Waals surface area contributed by atoms with E-state index in [1.807, 2.05) is 38.1 Å². The third-order valence-corrected chi connectivity index (χ3v) is 5.18. The molecule has 3 rings (SSSR count). The molecule has 0 fully saturated rings. The van der Waals surface area contributed by atoms with E-state index in [0.29, 0.717) is 13.1 Å². The largest absolute Gasteiger partial charge is 0.449 e. The average molecular weight is 422 g/mol. The maximum atomic E-state index is 12.5. The molecule has 162 valence electrons. The lowest BCUT2D eigenvalue weighted by molar-refractivity contribution is -0.129. The number of fused-ring (bicyclic) bond motifs is 1. The Hall–Kier alpha value is -3.48. The second-order valence-electron chi connectivity index (χ2n) is 7.63. The van der Waals surface area contributed by atoms with Gasteiger partial charge < -0.3 is 10.1 Å². The molecule has 7 nitrogen and oxygen atoms in total. The number of benzene rings is 2. The number of amides is 3. The number of carbonyl (C=O) groups is 4. The molecule has 0 aromatic heterocycles. The Morgan fingerprint density at radius 1 is 1.03 bits per heavy atom. The lowest BCUT2D eigenvalue weighted by Gasteiger charge is -2.14. The van der Waals surface area contributed by atoms with Gasteiger partial charge in [0.25, 0.3) is 17.7 Å². The second kappa shape index (κ2) is 9.55. The summed E-state index contributed by atoms with van der Waals surface area (Å²) in [6.45, 7) is 6.11. The molecule has 1 N–H and O–H groups in total. The quantitative estimate of drug-likeness (QED) is 0.521. The SMILES string of the molecule is CCCCN1C(=O)c2ccc(C(=O)O[C@@H](C)C(=O)NCc3ccc(C)cc3)cc2C1=O. The fourth-order valence-electron chi connectivity index (χ4n) is 3.26. The molecule has 0 aliphatic carbocycles. The summed E-state index contributed by atoms with van der Waals surface area (Å²) in [4.78, 5) is 50.9. The van der Waals surface area contributed by atoms with E-state index in [0.717, 1.165) is 24.0 Å². The number of hydrogen-bond donors (Lipinski definition) is 1. The van der Waals surface area contributed by atoms with Gasteiger partial charge in [-0.05, 0) is 44.0 Å². The molecule has 0 saturated heterocycles. The molecule has 31 heavy (non-hydrogen) atoms. The van der Waals surface area contributed by atoms with Gasteiger partial charge in [-0.25, -0.2) is 4.79 Å². The van der Waals surface area contributed by atoms with Crippen LogP contribution in [0, 0.1) is 6.92 Å². The standard InChI is InChI=1S/C24H26N2O5/c1-4-5-12-26-22(28)19-11-10-18(13-20(19)23(26)29)24(30)31-16(3)21(27)25-14-17-8-6-15(2)7-9-17/h6-11,13,16H,4-5,12,14H2,1-3H3,(H,25,27)/t16-/m0/s1. The van der Waals surface area contributed by atoms with Crippen LogP contribution in [-0.4, -0.2) is 41.2 Å². The molecule has 0 saturated carbocycles. The summed E-state index contributed by atoms with van der Waals surface area (Å²) in [6, 6.07) is 12.0. The highest BCUT2D eigenvalue weighted by Gasteiger charge is 2.35. The van der Waals surface area contributed by atoms with Crippen molar-refractivity contribution in [2.45, 2.75) is 46.3 Å². The Balaban J connectivity index is 1.61. The van der Waals surface area contributed by atoms with Crippen molar-refractivity contribution in [3.63, 3.8) is 0 Å². The zero-order valence-electron chi connectivity index (χ0n) is 17.9.